The molecule has 0 atom stereocenters. The molecule has 0 aromatic rings. The van der Waals surface area contributed by atoms with Crippen LogP contribution < -0.4 is 0 Å². The third-order valence-corrected chi connectivity index (χ3v) is 0. The van der Waals surface area contributed by atoms with Crippen LogP contribution in [0.4, 0.5) is 0 Å². The van der Waals surface area contributed by atoms with Crippen molar-refractivity contribution < 1.29 is 24.8 Å². The molecular weight excluding hydrogens is 156 g/mol. The van der Waals surface area contributed by atoms with Gasteiger partial charge in [0, 0.05) is 0 Å². The van der Waals surface area contributed by atoms with Gasteiger partial charge in [-0.3, -0.25) is 0 Å². The largest absolute Gasteiger partial charge is 2.00 e. The van der Waals surface area contributed by atoms with E-state index in [1.165, 1.54) is 0 Å². The summed E-state index contributed by atoms with van der Waals surface area (Å²) in [5.74, 6) is 0. The van der Waals surface area contributed by atoms with Crippen molar-refractivity contribution in [3.8, 4) is 0 Å². The fraction of sp³-hybridized carbons (Fsp3) is 1.00. The SMILES string of the molecule is C.O.O.O.O.[H-].[H-].[Mg+2].[SiH4].[SiH4]. The minimum Gasteiger partial charge on any atom is -1.00 e. The predicted molar refractivity (Wildman–Crippen MR) is 51.8 cm³/mol. The van der Waals surface area contributed by atoms with Crippen LogP contribution in [-0.2, 0) is 0 Å². The zero-order valence-corrected chi connectivity index (χ0v) is 4.12. The van der Waals surface area contributed by atoms with Crippen molar-refractivity contribution in [2.24, 2.45) is 0 Å². The van der Waals surface area contributed by atoms with Gasteiger partial charge in [0.15, 0.2) is 0 Å². The molecule has 0 amide bonds. The van der Waals surface area contributed by atoms with Crippen LogP contribution in [0.3, 0.4) is 0 Å². The summed E-state index contributed by atoms with van der Waals surface area (Å²) in [6, 6.07) is 0. The van der Waals surface area contributed by atoms with Crippen LogP contribution in [-0.4, -0.2) is 66.9 Å². The Bertz CT molecular complexity index is 21.2. The Hall–Kier alpha value is 1.04. The summed E-state index contributed by atoms with van der Waals surface area (Å²) in [5, 5.41) is 0. The van der Waals surface area contributed by atoms with Gasteiger partial charge in [-0.25, -0.2) is 0 Å². The van der Waals surface area contributed by atoms with E-state index in [1.807, 2.05) is 0 Å². The molecule has 0 fully saturated rings. The maximum Gasteiger partial charge on any atom is 2.00 e. The molecule has 60 valence electrons. The number of rotatable bonds is 0. The maximum absolute atomic E-state index is 0. The maximum atomic E-state index is 0. The summed E-state index contributed by atoms with van der Waals surface area (Å²) < 4.78 is 0. The first-order valence-electron chi connectivity index (χ1n) is 0. The van der Waals surface area contributed by atoms with Crippen LogP contribution in [0, 0.1) is 0 Å². The smallest absolute Gasteiger partial charge is 1.00 e. The summed E-state index contributed by atoms with van der Waals surface area (Å²) in [7, 11) is 0. The second-order valence-corrected chi connectivity index (χ2v) is 0. The molecule has 0 aliphatic carbocycles. The Balaban J connectivity index is 0. The van der Waals surface area contributed by atoms with Crippen molar-refractivity contribution in [3.63, 3.8) is 0 Å². The quantitative estimate of drug-likeness (QED) is 0.328. The third kappa shape index (κ3) is 237. The molecule has 0 bridgehead atoms. The Kier molecular flexibility index (Phi) is 24900. The van der Waals surface area contributed by atoms with E-state index >= 15 is 0 Å². The molecule has 4 nitrogen and oxygen atoms in total. The average molecular weight is 179 g/mol. The van der Waals surface area contributed by atoms with Crippen molar-refractivity contribution in [1.82, 2.24) is 0 Å². The normalized spacial score (nSPS) is 0. The van der Waals surface area contributed by atoms with Gasteiger partial charge >= 0.3 is 23.1 Å². The van der Waals surface area contributed by atoms with Crippen LogP contribution >= 0.6 is 0 Å². The van der Waals surface area contributed by atoms with Gasteiger partial charge in [0.05, 0.1) is 0 Å². The van der Waals surface area contributed by atoms with Crippen LogP contribution in [0.5, 0.6) is 0 Å². The van der Waals surface area contributed by atoms with Crippen molar-refractivity contribution in [3.05, 3.63) is 0 Å². The second-order valence-electron chi connectivity index (χ2n) is 0. The van der Waals surface area contributed by atoms with Crippen molar-refractivity contribution in [2.75, 3.05) is 0 Å². The van der Waals surface area contributed by atoms with Gasteiger partial charge in [0.25, 0.3) is 0 Å². The van der Waals surface area contributed by atoms with Crippen LogP contribution in [0.2, 0.25) is 0 Å². The Morgan fingerprint density at radius 1 is 0.625 bits per heavy atom. The van der Waals surface area contributed by atoms with E-state index in [9.17, 15) is 0 Å². The van der Waals surface area contributed by atoms with Gasteiger partial charge in [-0.2, -0.15) is 0 Å². The van der Waals surface area contributed by atoms with E-state index < -0.39 is 0 Å². The van der Waals surface area contributed by atoms with Gasteiger partial charge in [-0.15, -0.1) is 0 Å². The summed E-state index contributed by atoms with van der Waals surface area (Å²) in [6.45, 7) is 0. The van der Waals surface area contributed by atoms with Crippen molar-refractivity contribution in [1.29, 1.82) is 0 Å². The minimum atomic E-state index is 0. The van der Waals surface area contributed by atoms with Crippen LogP contribution in [0.1, 0.15) is 10.3 Å². The standard InChI is InChI=1S/CH4.Mg.4H2O.2H4Si.2H/h1H4;;4*1H2;2*1H4;;/q;+2;;;;;;;2*-1. The van der Waals surface area contributed by atoms with E-state index in [0.717, 1.165) is 0 Å². The first kappa shape index (κ1) is 540. The van der Waals surface area contributed by atoms with E-state index in [1.54, 1.807) is 0 Å². The van der Waals surface area contributed by atoms with Gasteiger partial charge in [0.1, 0.15) is 0 Å². The van der Waals surface area contributed by atoms with Crippen LogP contribution in [0.25, 0.3) is 0 Å². The molecule has 0 rings (SSSR count). The molecule has 0 aliphatic heterocycles. The molecule has 7 heteroatoms. The first-order valence-corrected chi connectivity index (χ1v) is 0. The molecule has 0 aromatic heterocycles. The zero-order chi connectivity index (χ0) is 0. The Morgan fingerprint density at radius 2 is 0.625 bits per heavy atom. The molecule has 0 saturated carbocycles. The summed E-state index contributed by atoms with van der Waals surface area (Å²) in [6.07, 6.45) is 0. The predicted octanol–water partition coefficient (Wildman–Crippen LogP) is -5.72. The molecule has 0 heterocycles. The second kappa shape index (κ2) is 368. The molecule has 0 aromatic carbocycles. The van der Waals surface area contributed by atoms with Gasteiger partial charge < -0.3 is 24.8 Å². The van der Waals surface area contributed by atoms with Crippen molar-refractivity contribution >= 4 is 45.0 Å². The average Bonchev–Trinajstić information content (AvgIpc) is 0. The molecule has 8 N–H and O–H groups in total. The van der Waals surface area contributed by atoms with E-state index in [2.05, 4.69) is 0 Å². The molecule has 0 unspecified atom stereocenters. The fourth-order valence-corrected chi connectivity index (χ4v) is 0. The first-order chi connectivity index (χ1) is 0. The third-order valence-electron chi connectivity index (χ3n) is 0. The molecule has 0 saturated heterocycles. The zero-order valence-electron chi connectivity index (χ0n) is 4.71. The topological polar surface area (TPSA) is 126 Å². The van der Waals surface area contributed by atoms with Crippen LogP contribution in [0.15, 0.2) is 0 Å². The molecule has 8 heavy (non-hydrogen) atoms. The molecular formula is CH22MgO4Si2. The van der Waals surface area contributed by atoms with E-state index in [4.69, 9.17) is 0 Å². The fourth-order valence-electron chi connectivity index (χ4n) is 0. The van der Waals surface area contributed by atoms with Gasteiger partial charge in [0.2, 0.25) is 0 Å². The van der Waals surface area contributed by atoms with Crippen molar-refractivity contribution in [2.45, 2.75) is 7.43 Å². The van der Waals surface area contributed by atoms with Gasteiger partial charge in [-0.1, -0.05) is 7.43 Å². The van der Waals surface area contributed by atoms with Gasteiger partial charge in [-0.05, 0) is 21.9 Å². The molecule has 0 aliphatic rings. The van der Waals surface area contributed by atoms with E-state index in [0.29, 0.717) is 0 Å². The monoisotopic (exact) mass is 178 g/mol. The minimum absolute atomic E-state index is 0. The molecule has 0 spiro atoms. The Morgan fingerprint density at radius 3 is 0.625 bits per heavy atom. The van der Waals surface area contributed by atoms with E-state index in [-0.39, 0.29) is 77.2 Å². The molecule has 0 radical (unpaired) electrons. The Labute approximate surface area is 77.4 Å². The summed E-state index contributed by atoms with van der Waals surface area (Å²) >= 11 is 0. The summed E-state index contributed by atoms with van der Waals surface area (Å²) in [5.41, 5.74) is 0. The number of hydrogen-bond acceptors (Lipinski definition) is 0. The number of hydrogen-bond donors (Lipinski definition) is 0. The summed E-state index contributed by atoms with van der Waals surface area (Å²) in [4.78, 5) is 0.